The van der Waals surface area contributed by atoms with Crippen LogP contribution < -0.4 is 14.8 Å². The maximum absolute atomic E-state index is 12.3. The van der Waals surface area contributed by atoms with Gasteiger partial charge < -0.3 is 30.1 Å². The molecule has 3 aliphatic rings. The van der Waals surface area contributed by atoms with Crippen molar-refractivity contribution in [3.63, 3.8) is 0 Å². The number of aromatic hydroxyl groups is 1. The van der Waals surface area contributed by atoms with Gasteiger partial charge in [0.15, 0.2) is 11.5 Å². The van der Waals surface area contributed by atoms with E-state index in [9.17, 15) is 20.1 Å². The number of ether oxygens (including phenoxy) is 2. The van der Waals surface area contributed by atoms with Crippen LogP contribution in [0.15, 0.2) is 12.1 Å². The average molecular weight is 305 g/mol. The largest absolute Gasteiger partial charge is 0.504 e. The van der Waals surface area contributed by atoms with Crippen molar-refractivity contribution in [2.75, 3.05) is 6.79 Å². The predicted octanol–water partition coefficient (Wildman–Crippen LogP) is -0.0122. The number of rotatable bonds is 0. The van der Waals surface area contributed by atoms with E-state index in [0.29, 0.717) is 16.9 Å². The topological polar surface area (TPSA) is 108 Å². The molecule has 0 bridgehead atoms. The summed E-state index contributed by atoms with van der Waals surface area (Å²) < 4.78 is 10.5. The number of phenolic OH excluding ortho intramolecular Hbond substituents is 1. The third kappa shape index (κ3) is 1.60. The fourth-order valence-electron chi connectivity index (χ4n) is 3.29. The zero-order chi connectivity index (χ0) is 15.6. The number of nitrogens with one attached hydrogen (secondary N) is 1. The van der Waals surface area contributed by atoms with Gasteiger partial charge in [0.25, 0.3) is 5.91 Å². The normalized spacial score (nSPS) is 32.0. The number of hydrogen-bond donors (Lipinski definition) is 4. The van der Waals surface area contributed by atoms with Crippen molar-refractivity contribution in [3.05, 3.63) is 23.3 Å². The maximum atomic E-state index is 12.3. The minimum Gasteiger partial charge on any atom is -0.504 e. The van der Waals surface area contributed by atoms with Gasteiger partial charge in [0.2, 0.25) is 12.5 Å². The molecule has 4 rings (SSSR count). The van der Waals surface area contributed by atoms with Gasteiger partial charge in [0, 0.05) is 5.92 Å². The highest BCUT2D eigenvalue weighted by molar-refractivity contribution is 6.07. The molecular formula is C15H15NO6. The van der Waals surface area contributed by atoms with Crippen LogP contribution in [0.25, 0.3) is 5.57 Å². The second-order valence-electron chi connectivity index (χ2n) is 5.79. The van der Waals surface area contributed by atoms with Crippen molar-refractivity contribution in [1.82, 2.24) is 5.32 Å². The molecule has 0 spiro atoms. The highest BCUT2D eigenvalue weighted by Gasteiger charge is 2.43. The summed E-state index contributed by atoms with van der Waals surface area (Å²) in [6.07, 6.45) is -0.278. The summed E-state index contributed by atoms with van der Waals surface area (Å²) in [5.74, 6) is -0.559. The van der Waals surface area contributed by atoms with Crippen LogP contribution in [0.4, 0.5) is 0 Å². The van der Waals surface area contributed by atoms with Gasteiger partial charge >= 0.3 is 0 Å². The lowest BCUT2D eigenvalue weighted by atomic mass is 9.77. The standard InChI is InChI=1S/C15H15NO6/c1-5-2-7-6-3-8-14(22-4-21-8)12(18)9(6)15(20)16-10(7)13(19)11(5)17/h2-3,5,10-11,13,17-19H,4H2,1H3,(H,16,20)/t5-,10+,11+,13-/m0/s1. The quantitative estimate of drug-likeness (QED) is 0.537. The molecule has 1 amide bonds. The van der Waals surface area contributed by atoms with E-state index in [1.807, 2.05) is 0 Å². The zero-order valence-electron chi connectivity index (χ0n) is 11.7. The minimum atomic E-state index is -1.11. The van der Waals surface area contributed by atoms with Gasteiger partial charge in [0.05, 0.1) is 17.7 Å². The molecule has 4 N–H and O–H groups in total. The zero-order valence-corrected chi connectivity index (χ0v) is 11.7. The molecule has 0 fully saturated rings. The Morgan fingerprint density at radius 1 is 1.27 bits per heavy atom. The summed E-state index contributed by atoms with van der Waals surface area (Å²) in [5, 5.41) is 33.1. The number of hydrogen-bond acceptors (Lipinski definition) is 6. The first-order valence-corrected chi connectivity index (χ1v) is 7.03. The van der Waals surface area contributed by atoms with E-state index in [1.165, 1.54) is 0 Å². The minimum absolute atomic E-state index is 0.0202. The van der Waals surface area contributed by atoms with E-state index < -0.39 is 24.2 Å². The Hall–Kier alpha value is -2.25. The van der Waals surface area contributed by atoms with Crippen molar-refractivity contribution in [2.45, 2.75) is 25.2 Å². The fraction of sp³-hybridized carbons (Fsp3) is 0.400. The SMILES string of the molecule is C[C@H]1C=C2c3cc4c(c(O)c3C(=O)N[C@H]2[C@H](O)[C@@H]1O)OCO4. The molecule has 2 heterocycles. The lowest BCUT2D eigenvalue weighted by molar-refractivity contribution is -0.0167. The molecule has 0 saturated carbocycles. The first-order valence-electron chi connectivity index (χ1n) is 7.03. The highest BCUT2D eigenvalue weighted by atomic mass is 16.7. The van der Waals surface area contributed by atoms with Gasteiger partial charge in [-0.05, 0) is 17.2 Å². The van der Waals surface area contributed by atoms with E-state index in [1.54, 1.807) is 19.1 Å². The second kappa shape index (κ2) is 4.37. The molecule has 1 aliphatic carbocycles. The number of benzene rings is 1. The van der Waals surface area contributed by atoms with Gasteiger partial charge in [-0.2, -0.15) is 0 Å². The molecule has 7 heteroatoms. The molecule has 1 aromatic carbocycles. The van der Waals surface area contributed by atoms with E-state index in [2.05, 4.69) is 5.32 Å². The number of carbonyl (C=O) groups is 1. The Balaban J connectivity index is 1.95. The molecule has 0 saturated heterocycles. The number of carbonyl (C=O) groups excluding carboxylic acids is 1. The van der Waals surface area contributed by atoms with Crippen molar-refractivity contribution in [1.29, 1.82) is 0 Å². The van der Waals surface area contributed by atoms with Crippen molar-refractivity contribution < 1.29 is 29.6 Å². The molecule has 116 valence electrons. The van der Waals surface area contributed by atoms with E-state index in [4.69, 9.17) is 9.47 Å². The van der Waals surface area contributed by atoms with Crippen LogP contribution in [0.5, 0.6) is 17.2 Å². The van der Waals surface area contributed by atoms with Crippen molar-refractivity contribution >= 4 is 11.5 Å². The first kappa shape index (κ1) is 13.4. The Labute approximate surface area is 125 Å². The Morgan fingerprint density at radius 3 is 2.82 bits per heavy atom. The molecule has 0 unspecified atom stereocenters. The van der Waals surface area contributed by atoms with E-state index in [-0.39, 0.29) is 29.8 Å². The summed E-state index contributed by atoms with van der Waals surface area (Å²) in [7, 11) is 0. The number of aliphatic hydroxyl groups is 2. The average Bonchev–Trinajstić information content (AvgIpc) is 2.95. The molecule has 0 radical (unpaired) electrons. The summed E-state index contributed by atoms with van der Waals surface area (Å²) >= 11 is 0. The monoisotopic (exact) mass is 305 g/mol. The number of amides is 1. The van der Waals surface area contributed by atoms with Crippen LogP contribution in [-0.2, 0) is 0 Å². The molecule has 2 aliphatic heterocycles. The molecule has 1 aromatic rings. The molecule has 7 nitrogen and oxygen atoms in total. The first-order chi connectivity index (χ1) is 10.5. The molecule has 4 atom stereocenters. The number of aliphatic hydroxyl groups excluding tert-OH is 2. The Morgan fingerprint density at radius 2 is 2.05 bits per heavy atom. The summed E-state index contributed by atoms with van der Waals surface area (Å²) in [5.41, 5.74) is 1.25. The summed E-state index contributed by atoms with van der Waals surface area (Å²) in [6, 6.07) is 0.914. The van der Waals surface area contributed by atoms with Gasteiger partial charge in [-0.1, -0.05) is 13.0 Å². The Bertz CT molecular complexity index is 712. The summed E-state index contributed by atoms with van der Waals surface area (Å²) in [6.45, 7) is 1.76. The molecular weight excluding hydrogens is 290 g/mol. The Kier molecular flexibility index (Phi) is 2.67. The number of phenols is 1. The van der Waals surface area contributed by atoms with Gasteiger partial charge in [-0.3, -0.25) is 4.79 Å². The fourth-order valence-corrected chi connectivity index (χ4v) is 3.29. The maximum Gasteiger partial charge on any atom is 0.256 e. The van der Waals surface area contributed by atoms with Crippen LogP contribution in [0.3, 0.4) is 0 Å². The number of fused-ring (bicyclic) bond motifs is 4. The third-order valence-corrected chi connectivity index (χ3v) is 4.47. The lowest BCUT2D eigenvalue weighted by Crippen LogP contribution is -2.55. The van der Waals surface area contributed by atoms with Crippen molar-refractivity contribution in [2.24, 2.45) is 5.92 Å². The van der Waals surface area contributed by atoms with E-state index >= 15 is 0 Å². The molecule has 22 heavy (non-hydrogen) atoms. The van der Waals surface area contributed by atoms with E-state index in [0.717, 1.165) is 0 Å². The lowest BCUT2D eigenvalue weighted by Gasteiger charge is -2.39. The van der Waals surface area contributed by atoms with Crippen LogP contribution in [-0.4, -0.2) is 46.3 Å². The summed E-state index contributed by atoms with van der Waals surface area (Å²) in [4.78, 5) is 12.3. The van der Waals surface area contributed by atoms with Crippen LogP contribution in [0, 0.1) is 5.92 Å². The smallest absolute Gasteiger partial charge is 0.256 e. The van der Waals surface area contributed by atoms with Crippen molar-refractivity contribution in [3.8, 4) is 17.2 Å². The van der Waals surface area contributed by atoms with Gasteiger partial charge in [-0.25, -0.2) is 0 Å². The second-order valence-corrected chi connectivity index (χ2v) is 5.79. The van der Waals surface area contributed by atoms with Crippen LogP contribution >= 0.6 is 0 Å². The third-order valence-electron chi connectivity index (χ3n) is 4.47. The van der Waals surface area contributed by atoms with Gasteiger partial charge in [0.1, 0.15) is 6.10 Å². The van der Waals surface area contributed by atoms with Gasteiger partial charge in [-0.15, -0.1) is 0 Å². The highest BCUT2D eigenvalue weighted by Crippen LogP contribution is 2.48. The van der Waals surface area contributed by atoms with Crippen LogP contribution in [0.2, 0.25) is 0 Å². The predicted molar refractivity (Wildman–Crippen MR) is 74.6 cm³/mol. The molecule has 0 aromatic heterocycles. The van der Waals surface area contributed by atoms with Crippen LogP contribution in [0.1, 0.15) is 22.8 Å².